The van der Waals surface area contributed by atoms with E-state index in [-0.39, 0.29) is 0 Å². The Kier molecular flexibility index (Phi) is 5.15. The molecule has 3 heteroatoms. The van der Waals surface area contributed by atoms with Crippen LogP contribution >= 0.6 is 0 Å². The molecule has 0 aliphatic carbocycles. The Labute approximate surface area is 87.1 Å². The van der Waals surface area contributed by atoms with Crippen LogP contribution in [0.15, 0.2) is 11.6 Å². The predicted octanol–water partition coefficient (Wildman–Crippen LogP) is 0.873. The van der Waals surface area contributed by atoms with Gasteiger partial charge in [0.25, 0.3) is 0 Å². The molecular weight excluding hydrogens is 176 g/mol. The average molecular weight is 198 g/mol. The van der Waals surface area contributed by atoms with Gasteiger partial charge in [-0.2, -0.15) is 0 Å². The highest BCUT2D eigenvalue weighted by atomic mass is 16.5. The lowest BCUT2D eigenvalue weighted by Crippen LogP contribution is -2.44. The van der Waals surface area contributed by atoms with Crippen LogP contribution in [0.2, 0.25) is 0 Å². The molecule has 0 saturated carbocycles. The fourth-order valence-electron chi connectivity index (χ4n) is 1.50. The smallest absolute Gasteiger partial charge is 0.0826 e. The number of likely N-dealkylation sites (N-methyl/N-ethyl adjacent to an activating group) is 1. The van der Waals surface area contributed by atoms with Crippen molar-refractivity contribution < 1.29 is 4.74 Å². The van der Waals surface area contributed by atoms with Gasteiger partial charge < -0.3 is 15.0 Å². The fourth-order valence-corrected chi connectivity index (χ4v) is 1.50. The van der Waals surface area contributed by atoms with Crippen molar-refractivity contribution in [2.75, 3.05) is 39.8 Å². The second-order valence-electron chi connectivity index (χ2n) is 4.20. The summed E-state index contributed by atoms with van der Waals surface area (Å²) in [6.45, 7) is 9.12. The molecule has 0 aromatic rings. The van der Waals surface area contributed by atoms with Gasteiger partial charge in [0.2, 0.25) is 0 Å². The van der Waals surface area contributed by atoms with Gasteiger partial charge in [-0.05, 0) is 20.9 Å². The third-order valence-corrected chi connectivity index (χ3v) is 2.33. The maximum absolute atomic E-state index is 5.63. The molecule has 1 heterocycles. The van der Waals surface area contributed by atoms with Gasteiger partial charge >= 0.3 is 0 Å². The summed E-state index contributed by atoms with van der Waals surface area (Å²) in [6, 6.07) is 0. The Bertz CT molecular complexity index is 182. The molecule has 0 aromatic carbocycles. The summed E-state index contributed by atoms with van der Waals surface area (Å²) in [5.74, 6) is 0. The molecule has 1 N–H and O–H groups in total. The van der Waals surface area contributed by atoms with Crippen LogP contribution in [0.4, 0.5) is 0 Å². The molecule has 82 valence electrons. The van der Waals surface area contributed by atoms with Crippen molar-refractivity contribution >= 4 is 0 Å². The van der Waals surface area contributed by atoms with Gasteiger partial charge in [-0.25, -0.2) is 0 Å². The number of hydrogen-bond donors (Lipinski definition) is 1. The first-order valence-electron chi connectivity index (χ1n) is 5.32. The summed E-state index contributed by atoms with van der Waals surface area (Å²) >= 11 is 0. The van der Waals surface area contributed by atoms with Gasteiger partial charge in [0.1, 0.15) is 0 Å². The Morgan fingerprint density at radius 1 is 1.57 bits per heavy atom. The van der Waals surface area contributed by atoms with Crippen LogP contribution in [0.25, 0.3) is 0 Å². The molecule has 0 amide bonds. The van der Waals surface area contributed by atoms with E-state index in [1.54, 1.807) is 0 Å². The zero-order valence-corrected chi connectivity index (χ0v) is 9.55. The van der Waals surface area contributed by atoms with Crippen LogP contribution in [-0.4, -0.2) is 50.8 Å². The van der Waals surface area contributed by atoms with E-state index < -0.39 is 0 Å². The van der Waals surface area contributed by atoms with Crippen molar-refractivity contribution in [1.82, 2.24) is 10.2 Å². The lowest BCUT2D eigenvalue weighted by Gasteiger charge is -2.27. The molecular formula is C11H22N2O. The number of allylic oxidation sites excluding steroid dienone is 1. The van der Waals surface area contributed by atoms with Gasteiger partial charge in [0.15, 0.2) is 0 Å². The van der Waals surface area contributed by atoms with Crippen LogP contribution in [0.3, 0.4) is 0 Å². The number of nitrogens with zero attached hydrogens (tertiary/aromatic N) is 1. The third-order valence-electron chi connectivity index (χ3n) is 2.33. The van der Waals surface area contributed by atoms with Gasteiger partial charge in [-0.3, -0.25) is 0 Å². The molecule has 1 unspecified atom stereocenters. The van der Waals surface area contributed by atoms with E-state index in [0.29, 0.717) is 6.10 Å². The maximum Gasteiger partial charge on any atom is 0.0826 e. The van der Waals surface area contributed by atoms with E-state index >= 15 is 0 Å². The topological polar surface area (TPSA) is 24.5 Å². The lowest BCUT2D eigenvalue weighted by atomic mass is 10.2. The zero-order valence-electron chi connectivity index (χ0n) is 9.55. The number of hydrogen-bond acceptors (Lipinski definition) is 3. The van der Waals surface area contributed by atoms with Crippen LogP contribution in [-0.2, 0) is 4.74 Å². The molecule has 0 spiro atoms. The Hall–Kier alpha value is -0.380. The number of rotatable bonds is 4. The summed E-state index contributed by atoms with van der Waals surface area (Å²) in [4.78, 5) is 2.30. The molecule has 1 saturated heterocycles. The molecule has 14 heavy (non-hydrogen) atoms. The monoisotopic (exact) mass is 198 g/mol. The molecule has 0 bridgehead atoms. The molecule has 0 aromatic heterocycles. The van der Waals surface area contributed by atoms with Crippen LogP contribution in [0.5, 0.6) is 0 Å². The number of nitrogens with one attached hydrogen (secondary N) is 1. The fraction of sp³-hybridized carbons (Fsp3) is 0.818. The van der Waals surface area contributed by atoms with Gasteiger partial charge in [0, 0.05) is 26.2 Å². The Morgan fingerprint density at radius 2 is 2.36 bits per heavy atom. The minimum Gasteiger partial charge on any atom is -0.374 e. The van der Waals surface area contributed by atoms with Gasteiger partial charge in [0.05, 0.1) is 12.7 Å². The first-order valence-corrected chi connectivity index (χ1v) is 5.32. The van der Waals surface area contributed by atoms with Crippen molar-refractivity contribution in [3.63, 3.8) is 0 Å². The molecule has 3 nitrogen and oxygen atoms in total. The molecule has 0 radical (unpaired) electrons. The van der Waals surface area contributed by atoms with Crippen molar-refractivity contribution in [3.05, 3.63) is 11.6 Å². The third kappa shape index (κ3) is 4.74. The van der Waals surface area contributed by atoms with Crippen LogP contribution in [0, 0.1) is 0 Å². The first kappa shape index (κ1) is 11.7. The molecule has 1 aliphatic rings. The predicted molar refractivity (Wildman–Crippen MR) is 59.5 cm³/mol. The highest BCUT2D eigenvalue weighted by Gasteiger charge is 2.14. The molecule has 1 rings (SSSR count). The van der Waals surface area contributed by atoms with E-state index in [1.807, 2.05) is 0 Å². The van der Waals surface area contributed by atoms with Gasteiger partial charge in [-0.1, -0.05) is 11.6 Å². The summed E-state index contributed by atoms with van der Waals surface area (Å²) in [6.07, 6.45) is 2.61. The van der Waals surface area contributed by atoms with E-state index in [0.717, 1.165) is 32.8 Å². The molecule has 1 atom stereocenters. The quantitative estimate of drug-likeness (QED) is 0.678. The minimum absolute atomic E-state index is 0.360. The molecule has 1 fully saturated rings. The normalized spacial score (nSPS) is 22.4. The second kappa shape index (κ2) is 6.17. The van der Waals surface area contributed by atoms with Crippen molar-refractivity contribution in [3.8, 4) is 0 Å². The SMILES string of the molecule is CC(C)=CCN(C)CC1CNCCO1. The number of morpholine rings is 1. The van der Waals surface area contributed by atoms with E-state index in [9.17, 15) is 0 Å². The van der Waals surface area contributed by atoms with E-state index in [4.69, 9.17) is 4.74 Å². The zero-order chi connectivity index (χ0) is 10.4. The Morgan fingerprint density at radius 3 is 2.93 bits per heavy atom. The van der Waals surface area contributed by atoms with Gasteiger partial charge in [-0.15, -0.1) is 0 Å². The highest BCUT2D eigenvalue weighted by molar-refractivity contribution is 4.94. The molecule has 1 aliphatic heterocycles. The second-order valence-corrected chi connectivity index (χ2v) is 4.20. The van der Waals surface area contributed by atoms with Crippen LogP contribution in [0.1, 0.15) is 13.8 Å². The van der Waals surface area contributed by atoms with E-state index in [1.165, 1.54) is 5.57 Å². The Balaban J connectivity index is 2.18. The van der Waals surface area contributed by atoms with Crippen molar-refractivity contribution in [2.45, 2.75) is 20.0 Å². The first-order chi connectivity index (χ1) is 6.68. The van der Waals surface area contributed by atoms with E-state index in [2.05, 4.69) is 37.2 Å². The summed E-state index contributed by atoms with van der Waals surface area (Å²) in [7, 11) is 2.14. The largest absolute Gasteiger partial charge is 0.374 e. The average Bonchev–Trinajstić information content (AvgIpc) is 2.16. The van der Waals surface area contributed by atoms with Crippen LogP contribution < -0.4 is 5.32 Å². The number of ether oxygens (including phenoxy) is 1. The summed E-state index contributed by atoms with van der Waals surface area (Å²) in [5.41, 5.74) is 1.37. The summed E-state index contributed by atoms with van der Waals surface area (Å²) < 4.78 is 5.63. The maximum atomic E-state index is 5.63. The minimum atomic E-state index is 0.360. The van der Waals surface area contributed by atoms with Crippen molar-refractivity contribution in [2.24, 2.45) is 0 Å². The highest BCUT2D eigenvalue weighted by Crippen LogP contribution is 1.99. The standard InChI is InChI=1S/C11H22N2O/c1-10(2)4-6-13(3)9-11-8-12-5-7-14-11/h4,11-12H,5-9H2,1-3H3. The lowest BCUT2D eigenvalue weighted by molar-refractivity contribution is 0.0118. The summed E-state index contributed by atoms with van der Waals surface area (Å²) in [5, 5.41) is 3.34. The van der Waals surface area contributed by atoms with Crippen molar-refractivity contribution in [1.29, 1.82) is 0 Å².